The zero-order valence-electron chi connectivity index (χ0n) is 12.0. The largest absolute Gasteiger partial charge is 0.376 e. The molecule has 0 unspecified atom stereocenters. The molecule has 1 heterocycles. The molecule has 0 radical (unpaired) electrons. The van der Waals surface area contributed by atoms with Crippen molar-refractivity contribution in [3.63, 3.8) is 0 Å². The van der Waals surface area contributed by atoms with E-state index in [-0.39, 0.29) is 16.9 Å². The van der Waals surface area contributed by atoms with Crippen LogP contribution in [0, 0.1) is 10.1 Å². The van der Waals surface area contributed by atoms with Gasteiger partial charge in [-0.15, -0.1) is 0 Å². The number of carbonyl (C=O) groups is 1. The molecule has 0 saturated heterocycles. The Morgan fingerprint density at radius 3 is 2.76 bits per heavy atom. The molecule has 114 valence electrons. The minimum absolute atomic E-state index is 0.150. The number of hydrogen-bond donors (Lipinski definition) is 2. The molecule has 21 heavy (non-hydrogen) atoms. The maximum atomic E-state index is 12.2. The number of nitro groups is 1. The first-order chi connectivity index (χ1) is 10.0. The standard InChI is InChI=1S/C13H18N4O4/c1-14-11-10(6-9(7-15-11)17(19)20)12(18)16-8-13(21-2)4-3-5-13/h6-7H,3-5,8H2,1-2H3,(H,14,15)(H,16,18). The fraction of sp³-hybridized carbons (Fsp3) is 0.538. The number of rotatable bonds is 6. The van der Waals surface area contributed by atoms with E-state index in [9.17, 15) is 14.9 Å². The number of anilines is 1. The van der Waals surface area contributed by atoms with Crippen LogP contribution in [0.3, 0.4) is 0 Å². The van der Waals surface area contributed by atoms with Crippen molar-refractivity contribution in [2.75, 3.05) is 26.0 Å². The van der Waals surface area contributed by atoms with Gasteiger partial charge in [0.05, 0.1) is 16.1 Å². The zero-order chi connectivity index (χ0) is 15.5. The van der Waals surface area contributed by atoms with Gasteiger partial charge in [-0.1, -0.05) is 0 Å². The Morgan fingerprint density at radius 2 is 2.29 bits per heavy atom. The van der Waals surface area contributed by atoms with Gasteiger partial charge in [-0.2, -0.15) is 0 Å². The van der Waals surface area contributed by atoms with Gasteiger partial charge >= 0.3 is 0 Å². The topological polar surface area (TPSA) is 106 Å². The third-order valence-electron chi connectivity index (χ3n) is 3.83. The van der Waals surface area contributed by atoms with Crippen molar-refractivity contribution in [3.8, 4) is 0 Å². The molecule has 1 aromatic rings. The lowest BCUT2D eigenvalue weighted by atomic mass is 9.80. The molecule has 1 aliphatic rings. The van der Waals surface area contributed by atoms with Crippen LogP contribution in [0.15, 0.2) is 12.3 Å². The summed E-state index contributed by atoms with van der Waals surface area (Å²) in [6.07, 6.45) is 3.99. The maximum Gasteiger partial charge on any atom is 0.288 e. The van der Waals surface area contributed by atoms with E-state index in [4.69, 9.17) is 4.74 Å². The summed E-state index contributed by atoms with van der Waals surface area (Å²) in [7, 11) is 3.23. The number of nitrogens with zero attached hydrogens (tertiary/aromatic N) is 2. The second-order valence-corrected chi connectivity index (χ2v) is 5.02. The van der Waals surface area contributed by atoms with Crippen LogP contribution < -0.4 is 10.6 Å². The molecule has 1 aliphatic carbocycles. The lowest BCUT2D eigenvalue weighted by Gasteiger charge is -2.40. The van der Waals surface area contributed by atoms with Crippen LogP contribution >= 0.6 is 0 Å². The highest BCUT2D eigenvalue weighted by Crippen LogP contribution is 2.34. The van der Waals surface area contributed by atoms with Gasteiger partial charge in [0.1, 0.15) is 12.0 Å². The molecule has 2 rings (SSSR count). The molecule has 0 aliphatic heterocycles. The number of hydrogen-bond acceptors (Lipinski definition) is 6. The Hall–Kier alpha value is -2.22. The highest BCUT2D eigenvalue weighted by Gasteiger charge is 2.37. The third kappa shape index (κ3) is 3.10. The molecule has 1 amide bonds. The Labute approximate surface area is 122 Å². The number of aromatic nitrogens is 1. The molecule has 2 N–H and O–H groups in total. The van der Waals surface area contributed by atoms with Gasteiger partial charge in [0.15, 0.2) is 0 Å². The molecule has 1 fully saturated rings. The van der Waals surface area contributed by atoms with Crippen molar-refractivity contribution in [1.29, 1.82) is 0 Å². The highest BCUT2D eigenvalue weighted by atomic mass is 16.6. The lowest BCUT2D eigenvalue weighted by Crippen LogP contribution is -2.49. The average Bonchev–Trinajstić information content (AvgIpc) is 2.45. The molecule has 1 saturated carbocycles. The first-order valence-electron chi connectivity index (χ1n) is 6.67. The maximum absolute atomic E-state index is 12.2. The van der Waals surface area contributed by atoms with Crippen LogP contribution in [0.1, 0.15) is 29.6 Å². The van der Waals surface area contributed by atoms with Crippen LogP contribution in [0.2, 0.25) is 0 Å². The second-order valence-electron chi connectivity index (χ2n) is 5.02. The number of methoxy groups -OCH3 is 1. The molecule has 0 aromatic carbocycles. The molecular formula is C13H18N4O4. The SMILES string of the molecule is CNc1ncc([N+](=O)[O-])cc1C(=O)NCC1(OC)CCC1. The zero-order valence-corrected chi connectivity index (χ0v) is 12.0. The first kappa shape index (κ1) is 15.2. The van der Waals surface area contributed by atoms with Gasteiger partial charge in [0, 0.05) is 26.8 Å². The van der Waals surface area contributed by atoms with Gasteiger partial charge in [0.25, 0.3) is 11.6 Å². The van der Waals surface area contributed by atoms with E-state index >= 15 is 0 Å². The van der Waals surface area contributed by atoms with Crippen LogP contribution in [0.25, 0.3) is 0 Å². The molecule has 1 aromatic heterocycles. The van der Waals surface area contributed by atoms with E-state index < -0.39 is 10.8 Å². The molecule has 0 atom stereocenters. The smallest absolute Gasteiger partial charge is 0.288 e. The highest BCUT2D eigenvalue weighted by molar-refractivity contribution is 5.99. The summed E-state index contributed by atoms with van der Waals surface area (Å²) < 4.78 is 5.42. The summed E-state index contributed by atoms with van der Waals surface area (Å²) in [5, 5.41) is 16.3. The predicted molar refractivity (Wildman–Crippen MR) is 76.4 cm³/mol. The first-order valence-corrected chi connectivity index (χ1v) is 6.67. The summed E-state index contributed by atoms with van der Waals surface area (Å²) in [4.78, 5) is 26.3. The summed E-state index contributed by atoms with van der Waals surface area (Å²) >= 11 is 0. The summed E-state index contributed by atoms with van der Waals surface area (Å²) in [5.74, 6) is -0.1000. The van der Waals surface area contributed by atoms with Crippen LogP contribution in [0.5, 0.6) is 0 Å². The van der Waals surface area contributed by atoms with E-state index in [1.165, 1.54) is 6.07 Å². The normalized spacial score (nSPS) is 15.9. The number of pyridine rings is 1. The van der Waals surface area contributed by atoms with Gasteiger partial charge in [0.2, 0.25) is 0 Å². The van der Waals surface area contributed by atoms with E-state index in [0.29, 0.717) is 12.4 Å². The Kier molecular flexibility index (Phi) is 4.37. The molecule has 0 bridgehead atoms. The van der Waals surface area contributed by atoms with E-state index in [2.05, 4.69) is 15.6 Å². The third-order valence-corrected chi connectivity index (χ3v) is 3.83. The molecular weight excluding hydrogens is 276 g/mol. The van der Waals surface area contributed by atoms with Crippen LogP contribution in [0.4, 0.5) is 11.5 Å². The van der Waals surface area contributed by atoms with Crippen molar-refractivity contribution in [2.24, 2.45) is 0 Å². The minimum atomic E-state index is -0.578. The predicted octanol–water partition coefficient (Wildman–Crippen LogP) is 1.33. The number of amides is 1. The van der Waals surface area contributed by atoms with Gasteiger partial charge in [-0.25, -0.2) is 4.98 Å². The number of carbonyl (C=O) groups excluding carboxylic acids is 1. The lowest BCUT2D eigenvalue weighted by molar-refractivity contribution is -0.385. The van der Waals surface area contributed by atoms with Crippen molar-refractivity contribution >= 4 is 17.4 Å². The minimum Gasteiger partial charge on any atom is -0.376 e. The Morgan fingerprint density at radius 1 is 1.57 bits per heavy atom. The average molecular weight is 294 g/mol. The second kappa shape index (κ2) is 6.04. The van der Waals surface area contributed by atoms with E-state index in [1.807, 2.05) is 0 Å². The Bertz CT molecular complexity index is 552. The Balaban J connectivity index is 2.13. The van der Waals surface area contributed by atoms with Crippen LogP contribution in [-0.4, -0.2) is 42.1 Å². The summed E-state index contributed by atoms with van der Waals surface area (Å²) in [5.41, 5.74) is -0.370. The molecule has 0 spiro atoms. The van der Waals surface area contributed by atoms with Gasteiger partial charge in [-0.05, 0) is 19.3 Å². The van der Waals surface area contributed by atoms with Crippen molar-refractivity contribution in [3.05, 3.63) is 27.9 Å². The fourth-order valence-electron chi connectivity index (χ4n) is 2.29. The van der Waals surface area contributed by atoms with Gasteiger partial charge in [-0.3, -0.25) is 14.9 Å². The summed E-state index contributed by atoms with van der Waals surface area (Å²) in [6, 6.07) is 1.22. The van der Waals surface area contributed by atoms with Crippen molar-refractivity contribution in [1.82, 2.24) is 10.3 Å². The van der Waals surface area contributed by atoms with Crippen LogP contribution in [-0.2, 0) is 4.74 Å². The number of nitrogens with one attached hydrogen (secondary N) is 2. The fourth-order valence-corrected chi connectivity index (χ4v) is 2.29. The van der Waals surface area contributed by atoms with Crippen molar-refractivity contribution in [2.45, 2.75) is 24.9 Å². The van der Waals surface area contributed by atoms with E-state index in [0.717, 1.165) is 25.5 Å². The molecule has 8 heteroatoms. The quantitative estimate of drug-likeness (QED) is 0.605. The number of ether oxygens (including phenoxy) is 1. The van der Waals surface area contributed by atoms with Gasteiger partial charge < -0.3 is 15.4 Å². The van der Waals surface area contributed by atoms with Crippen molar-refractivity contribution < 1.29 is 14.5 Å². The van der Waals surface area contributed by atoms with E-state index in [1.54, 1.807) is 14.2 Å². The molecule has 8 nitrogen and oxygen atoms in total. The summed E-state index contributed by atoms with van der Waals surface area (Å²) in [6.45, 7) is 0.383. The monoisotopic (exact) mass is 294 g/mol.